The smallest absolute Gasteiger partial charge is 0.254 e. The molecule has 29 heavy (non-hydrogen) atoms. The van der Waals surface area contributed by atoms with Crippen LogP contribution in [-0.2, 0) is 4.79 Å². The van der Waals surface area contributed by atoms with E-state index in [4.69, 9.17) is 0 Å². The summed E-state index contributed by atoms with van der Waals surface area (Å²) in [6.07, 6.45) is 8.43. The molecule has 4 rings (SSSR count). The summed E-state index contributed by atoms with van der Waals surface area (Å²) < 4.78 is 2.06. The largest absolute Gasteiger partial charge is 0.351 e. The fourth-order valence-electron chi connectivity index (χ4n) is 4.41. The van der Waals surface area contributed by atoms with Gasteiger partial charge < -0.3 is 10.6 Å². The highest BCUT2D eigenvalue weighted by Crippen LogP contribution is 2.32. The van der Waals surface area contributed by atoms with E-state index in [0.29, 0.717) is 23.9 Å². The first-order valence-corrected chi connectivity index (χ1v) is 10.3. The molecule has 7 nitrogen and oxygen atoms in total. The molecule has 1 unspecified atom stereocenters. The van der Waals surface area contributed by atoms with Gasteiger partial charge in [-0.1, -0.05) is 18.9 Å². The molecule has 1 aliphatic carbocycles. The predicted octanol–water partition coefficient (Wildman–Crippen LogP) is 2.64. The average Bonchev–Trinajstić information content (AvgIpc) is 3.36. The Morgan fingerprint density at radius 1 is 1.28 bits per heavy atom. The highest BCUT2D eigenvalue weighted by molar-refractivity contribution is 6.07. The molecule has 1 fully saturated rings. The zero-order valence-corrected chi connectivity index (χ0v) is 16.9. The van der Waals surface area contributed by atoms with Crippen LogP contribution in [0.3, 0.4) is 0 Å². The maximum atomic E-state index is 12.9. The molecule has 1 aromatic heterocycles. The number of carbonyl (C=O) groups excluding carboxylic acids is 2. The zero-order valence-electron chi connectivity index (χ0n) is 16.9. The molecule has 7 heteroatoms. The molecule has 2 aromatic rings. The third kappa shape index (κ3) is 3.87. The van der Waals surface area contributed by atoms with Gasteiger partial charge >= 0.3 is 0 Å². The number of likely N-dealkylation sites (N-methyl/N-ethyl adjacent to an activating group) is 1. The maximum absolute atomic E-state index is 12.9. The van der Waals surface area contributed by atoms with Crippen LogP contribution < -0.4 is 10.6 Å². The first-order chi connectivity index (χ1) is 14.1. The van der Waals surface area contributed by atoms with E-state index in [1.165, 1.54) is 12.8 Å². The van der Waals surface area contributed by atoms with E-state index >= 15 is 0 Å². The second-order valence-electron chi connectivity index (χ2n) is 7.87. The highest BCUT2D eigenvalue weighted by atomic mass is 16.2. The molecule has 2 heterocycles. The SMILES string of the molecule is CNCC1=CC(C)=NC(=O)C1CNC(=O)c1cccc2c1cnn2C1CCCC1. The summed E-state index contributed by atoms with van der Waals surface area (Å²) in [7, 11) is 1.84. The molecular weight excluding hydrogens is 366 g/mol. The summed E-state index contributed by atoms with van der Waals surface area (Å²) in [6.45, 7) is 2.63. The summed E-state index contributed by atoms with van der Waals surface area (Å²) in [4.78, 5) is 29.4. The van der Waals surface area contributed by atoms with Crippen LogP contribution in [0, 0.1) is 5.92 Å². The molecular formula is C22H27N5O2. The summed E-state index contributed by atoms with van der Waals surface area (Å²) in [5.74, 6) is -0.831. The number of nitrogens with one attached hydrogen (secondary N) is 2. The molecule has 1 atom stereocenters. The van der Waals surface area contributed by atoms with Gasteiger partial charge in [0, 0.05) is 24.2 Å². The van der Waals surface area contributed by atoms with Crippen LogP contribution in [0.2, 0.25) is 0 Å². The quantitative estimate of drug-likeness (QED) is 0.790. The lowest BCUT2D eigenvalue weighted by atomic mass is 9.94. The standard InChI is InChI=1S/C22H27N5O2/c1-14-10-15(11-23-2)18(22(29)26-14)12-24-21(28)17-8-5-9-20-19(17)13-25-27(20)16-6-3-4-7-16/h5,8-10,13,16,18,23H,3-4,6-7,11-12H2,1-2H3,(H,24,28). The van der Waals surface area contributed by atoms with Gasteiger partial charge in [-0.05, 0) is 50.6 Å². The van der Waals surface area contributed by atoms with Crippen molar-refractivity contribution in [3.05, 3.63) is 41.6 Å². The second-order valence-corrected chi connectivity index (χ2v) is 7.87. The minimum absolute atomic E-state index is 0.190. The first kappa shape index (κ1) is 19.5. The topological polar surface area (TPSA) is 88.4 Å². The van der Waals surface area contributed by atoms with E-state index in [2.05, 4.69) is 25.4 Å². The lowest BCUT2D eigenvalue weighted by Crippen LogP contribution is -2.37. The van der Waals surface area contributed by atoms with Crippen LogP contribution in [0.1, 0.15) is 49.0 Å². The van der Waals surface area contributed by atoms with Crippen LogP contribution in [-0.4, -0.2) is 47.4 Å². The molecule has 1 aliphatic heterocycles. The van der Waals surface area contributed by atoms with Gasteiger partial charge in [0.1, 0.15) is 0 Å². The summed E-state index contributed by atoms with van der Waals surface area (Å²) >= 11 is 0. The Balaban J connectivity index is 1.52. The number of hydrogen-bond acceptors (Lipinski definition) is 4. The van der Waals surface area contributed by atoms with E-state index < -0.39 is 5.92 Å². The number of amides is 2. The lowest BCUT2D eigenvalue weighted by molar-refractivity contribution is -0.120. The van der Waals surface area contributed by atoms with Crippen molar-refractivity contribution in [3.63, 3.8) is 0 Å². The van der Waals surface area contributed by atoms with Gasteiger partial charge in [0.2, 0.25) is 0 Å². The number of aliphatic imine (C=N–C) groups is 1. The number of dihydropyridines is 1. The zero-order chi connectivity index (χ0) is 20.4. The van der Waals surface area contributed by atoms with Gasteiger partial charge in [0.25, 0.3) is 11.8 Å². The van der Waals surface area contributed by atoms with E-state index in [1.54, 1.807) is 6.20 Å². The molecule has 2 N–H and O–H groups in total. The summed E-state index contributed by atoms with van der Waals surface area (Å²) in [5, 5.41) is 11.4. The summed E-state index contributed by atoms with van der Waals surface area (Å²) in [6, 6.07) is 6.15. The van der Waals surface area contributed by atoms with Crippen molar-refractivity contribution in [1.29, 1.82) is 0 Å². The van der Waals surface area contributed by atoms with Gasteiger partial charge in [-0.2, -0.15) is 5.10 Å². The second kappa shape index (κ2) is 8.29. The van der Waals surface area contributed by atoms with Gasteiger partial charge in [-0.3, -0.25) is 14.3 Å². The Morgan fingerprint density at radius 3 is 2.83 bits per heavy atom. The first-order valence-electron chi connectivity index (χ1n) is 10.3. The molecule has 2 aliphatic rings. The minimum Gasteiger partial charge on any atom is -0.351 e. The lowest BCUT2D eigenvalue weighted by Gasteiger charge is -2.21. The van der Waals surface area contributed by atoms with Crippen molar-refractivity contribution in [2.75, 3.05) is 20.1 Å². The Hall–Kier alpha value is -2.80. The minimum atomic E-state index is -0.435. The van der Waals surface area contributed by atoms with E-state index in [-0.39, 0.29) is 18.4 Å². The van der Waals surface area contributed by atoms with E-state index in [0.717, 1.165) is 29.3 Å². The molecule has 152 valence electrons. The van der Waals surface area contributed by atoms with Gasteiger partial charge in [0.15, 0.2) is 0 Å². The third-order valence-electron chi connectivity index (χ3n) is 5.83. The van der Waals surface area contributed by atoms with Crippen LogP contribution in [0.15, 0.2) is 41.0 Å². The fourth-order valence-corrected chi connectivity index (χ4v) is 4.41. The Bertz CT molecular complexity index is 998. The predicted molar refractivity (Wildman–Crippen MR) is 113 cm³/mol. The van der Waals surface area contributed by atoms with Gasteiger partial charge in [-0.15, -0.1) is 0 Å². The van der Waals surface area contributed by atoms with Crippen LogP contribution >= 0.6 is 0 Å². The number of carbonyl (C=O) groups is 2. The number of rotatable bonds is 6. The van der Waals surface area contributed by atoms with Gasteiger partial charge in [0.05, 0.1) is 29.2 Å². The van der Waals surface area contributed by atoms with Crippen LogP contribution in [0.25, 0.3) is 10.9 Å². The number of hydrogen-bond donors (Lipinski definition) is 2. The van der Waals surface area contributed by atoms with E-state index in [1.807, 2.05) is 38.2 Å². The Morgan fingerprint density at radius 2 is 2.07 bits per heavy atom. The fraction of sp³-hybridized carbons (Fsp3) is 0.455. The maximum Gasteiger partial charge on any atom is 0.254 e. The highest BCUT2D eigenvalue weighted by Gasteiger charge is 2.27. The summed E-state index contributed by atoms with van der Waals surface area (Å²) in [5.41, 5.74) is 3.23. The molecule has 2 amide bonds. The van der Waals surface area contributed by atoms with Crippen molar-refractivity contribution in [3.8, 4) is 0 Å². The number of aromatic nitrogens is 2. The molecule has 0 spiro atoms. The van der Waals surface area contributed by atoms with Gasteiger partial charge in [-0.25, -0.2) is 4.99 Å². The van der Waals surface area contributed by atoms with Crippen molar-refractivity contribution in [1.82, 2.24) is 20.4 Å². The third-order valence-corrected chi connectivity index (χ3v) is 5.83. The van der Waals surface area contributed by atoms with Crippen LogP contribution in [0.5, 0.6) is 0 Å². The molecule has 1 saturated carbocycles. The van der Waals surface area contributed by atoms with Crippen molar-refractivity contribution < 1.29 is 9.59 Å². The van der Waals surface area contributed by atoms with Crippen LogP contribution in [0.4, 0.5) is 0 Å². The number of benzene rings is 1. The molecule has 0 bridgehead atoms. The average molecular weight is 393 g/mol. The van der Waals surface area contributed by atoms with Crippen molar-refractivity contribution >= 4 is 28.4 Å². The Labute approximate surface area is 170 Å². The normalized spacial score (nSPS) is 20.1. The van der Waals surface area contributed by atoms with Crippen molar-refractivity contribution in [2.45, 2.75) is 38.6 Å². The number of fused-ring (bicyclic) bond motifs is 1. The number of allylic oxidation sites excluding steroid dienone is 1. The van der Waals surface area contributed by atoms with E-state index in [9.17, 15) is 9.59 Å². The number of nitrogens with zero attached hydrogens (tertiary/aromatic N) is 3. The van der Waals surface area contributed by atoms with Crippen molar-refractivity contribution in [2.24, 2.45) is 10.9 Å². The molecule has 1 aromatic carbocycles. The Kier molecular flexibility index (Phi) is 5.58. The monoisotopic (exact) mass is 393 g/mol. The molecule has 0 radical (unpaired) electrons. The molecule has 0 saturated heterocycles.